The van der Waals surface area contributed by atoms with E-state index in [0.717, 1.165) is 19.6 Å². The Balaban J connectivity index is 1.96. The SMILES string of the molecule is CCNCCCCn1ccnc1. The number of hydrogen-bond donors (Lipinski definition) is 1. The van der Waals surface area contributed by atoms with Gasteiger partial charge in [-0.1, -0.05) is 6.92 Å². The molecule has 0 spiro atoms. The molecule has 0 saturated heterocycles. The van der Waals surface area contributed by atoms with Gasteiger partial charge in [-0.15, -0.1) is 0 Å². The summed E-state index contributed by atoms with van der Waals surface area (Å²) in [7, 11) is 0. The fourth-order valence-electron chi connectivity index (χ4n) is 1.14. The van der Waals surface area contributed by atoms with Crippen LogP contribution in [0.3, 0.4) is 0 Å². The second-order valence-corrected chi connectivity index (χ2v) is 2.86. The predicted molar refractivity (Wildman–Crippen MR) is 50.0 cm³/mol. The van der Waals surface area contributed by atoms with E-state index < -0.39 is 0 Å². The number of imidazole rings is 1. The first-order chi connectivity index (χ1) is 5.93. The Morgan fingerprint density at radius 2 is 2.33 bits per heavy atom. The summed E-state index contributed by atoms with van der Waals surface area (Å²) in [6.07, 6.45) is 8.17. The van der Waals surface area contributed by atoms with Crippen LogP contribution in [0.2, 0.25) is 0 Å². The lowest BCUT2D eigenvalue weighted by molar-refractivity contribution is 0.576. The van der Waals surface area contributed by atoms with E-state index in [1.807, 2.05) is 18.7 Å². The van der Waals surface area contributed by atoms with Crippen LogP contribution in [0.4, 0.5) is 0 Å². The molecule has 1 heterocycles. The van der Waals surface area contributed by atoms with E-state index in [4.69, 9.17) is 0 Å². The van der Waals surface area contributed by atoms with Gasteiger partial charge < -0.3 is 9.88 Å². The van der Waals surface area contributed by atoms with E-state index in [9.17, 15) is 0 Å². The summed E-state index contributed by atoms with van der Waals surface area (Å²) in [5.41, 5.74) is 0. The molecule has 0 amide bonds. The normalized spacial score (nSPS) is 10.4. The van der Waals surface area contributed by atoms with Crippen molar-refractivity contribution in [2.75, 3.05) is 13.1 Å². The Kier molecular flexibility index (Phi) is 4.46. The second-order valence-electron chi connectivity index (χ2n) is 2.86. The van der Waals surface area contributed by atoms with E-state index in [1.54, 1.807) is 0 Å². The van der Waals surface area contributed by atoms with Crippen LogP contribution in [0.1, 0.15) is 19.8 Å². The van der Waals surface area contributed by atoms with Crippen molar-refractivity contribution in [1.29, 1.82) is 0 Å². The summed E-state index contributed by atoms with van der Waals surface area (Å²) in [6.45, 7) is 5.43. The molecule has 1 rings (SSSR count). The molecule has 0 aromatic carbocycles. The number of aryl methyl sites for hydroxylation is 1. The van der Waals surface area contributed by atoms with Crippen molar-refractivity contribution >= 4 is 0 Å². The Hall–Kier alpha value is -0.830. The lowest BCUT2D eigenvalue weighted by Crippen LogP contribution is -2.14. The first kappa shape index (κ1) is 9.26. The molecule has 0 fully saturated rings. The maximum atomic E-state index is 3.98. The number of rotatable bonds is 6. The average Bonchev–Trinajstić information content (AvgIpc) is 2.57. The molecule has 0 aliphatic heterocycles. The van der Waals surface area contributed by atoms with Gasteiger partial charge in [0.1, 0.15) is 0 Å². The number of aromatic nitrogens is 2. The molecule has 3 nitrogen and oxygen atoms in total. The highest BCUT2D eigenvalue weighted by Crippen LogP contribution is 1.93. The van der Waals surface area contributed by atoms with Crippen molar-refractivity contribution in [3.8, 4) is 0 Å². The summed E-state index contributed by atoms with van der Waals surface area (Å²) < 4.78 is 2.12. The molecule has 0 bridgehead atoms. The smallest absolute Gasteiger partial charge is 0.0945 e. The quantitative estimate of drug-likeness (QED) is 0.647. The third-order valence-corrected chi connectivity index (χ3v) is 1.83. The molecular weight excluding hydrogens is 150 g/mol. The molecule has 12 heavy (non-hydrogen) atoms. The molecule has 1 N–H and O–H groups in total. The van der Waals surface area contributed by atoms with Crippen molar-refractivity contribution < 1.29 is 0 Å². The highest BCUT2D eigenvalue weighted by atomic mass is 15.0. The monoisotopic (exact) mass is 167 g/mol. The van der Waals surface area contributed by atoms with Crippen molar-refractivity contribution in [3.63, 3.8) is 0 Å². The molecule has 0 aliphatic rings. The van der Waals surface area contributed by atoms with Gasteiger partial charge in [0.15, 0.2) is 0 Å². The maximum Gasteiger partial charge on any atom is 0.0945 e. The minimum atomic E-state index is 1.07. The third-order valence-electron chi connectivity index (χ3n) is 1.83. The van der Waals surface area contributed by atoms with Crippen LogP contribution in [-0.2, 0) is 6.54 Å². The number of nitrogens with zero attached hydrogens (tertiary/aromatic N) is 2. The van der Waals surface area contributed by atoms with Gasteiger partial charge in [-0.2, -0.15) is 0 Å². The van der Waals surface area contributed by atoms with E-state index in [-0.39, 0.29) is 0 Å². The summed E-state index contributed by atoms with van der Waals surface area (Å²) >= 11 is 0. The van der Waals surface area contributed by atoms with Gasteiger partial charge in [-0.05, 0) is 25.9 Å². The van der Waals surface area contributed by atoms with Crippen LogP contribution < -0.4 is 5.32 Å². The largest absolute Gasteiger partial charge is 0.337 e. The molecule has 1 aromatic heterocycles. The molecule has 0 unspecified atom stereocenters. The zero-order valence-corrected chi connectivity index (χ0v) is 7.66. The molecule has 0 aliphatic carbocycles. The lowest BCUT2D eigenvalue weighted by Gasteiger charge is -2.02. The van der Waals surface area contributed by atoms with Crippen molar-refractivity contribution in [2.24, 2.45) is 0 Å². The van der Waals surface area contributed by atoms with Crippen molar-refractivity contribution in [1.82, 2.24) is 14.9 Å². The molecule has 0 atom stereocenters. The van der Waals surface area contributed by atoms with Gasteiger partial charge in [0.05, 0.1) is 6.33 Å². The molecule has 0 radical (unpaired) electrons. The highest BCUT2D eigenvalue weighted by Gasteiger charge is 1.89. The standard InChI is InChI=1S/C9H17N3/c1-2-10-5-3-4-7-12-8-6-11-9-12/h6,8-10H,2-5,7H2,1H3. The van der Waals surface area contributed by atoms with Crippen LogP contribution in [0.5, 0.6) is 0 Å². The summed E-state index contributed by atoms with van der Waals surface area (Å²) in [6, 6.07) is 0. The van der Waals surface area contributed by atoms with E-state index in [2.05, 4.69) is 21.8 Å². The van der Waals surface area contributed by atoms with Crippen LogP contribution in [0.15, 0.2) is 18.7 Å². The van der Waals surface area contributed by atoms with E-state index in [0.29, 0.717) is 0 Å². The minimum absolute atomic E-state index is 1.07. The average molecular weight is 167 g/mol. The number of hydrogen-bond acceptors (Lipinski definition) is 2. The maximum absolute atomic E-state index is 3.98. The van der Waals surface area contributed by atoms with Crippen LogP contribution in [0.25, 0.3) is 0 Å². The Morgan fingerprint density at radius 1 is 1.42 bits per heavy atom. The fourth-order valence-corrected chi connectivity index (χ4v) is 1.14. The lowest BCUT2D eigenvalue weighted by atomic mass is 10.3. The first-order valence-corrected chi connectivity index (χ1v) is 4.60. The molecular formula is C9H17N3. The van der Waals surface area contributed by atoms with Gasteiger partial charge in [0.25, 0.3) is 0 Å². The fraction of sp³-hybridized carbons (Fsp3) is 0.667. The Labute approximate surface area is 73.8 Å². The minimum Gasteiger partial charge on any atom is -0.337 e. The van der Waals surface area contributed by atoms with E-state index >= 15 is 0 Å². The van der Waals surface area contributed by atoms with Crippen molar-refractivity contribution in [3.05, 3.63) is 18.7 Å². The summed E-state index contributed by atoms with van der Waals surface area (Å²) in [4.78, 5) is 3.98. The highest BCUT2D eigenvalue weighted by molar-refractivity contribution is 4.73. The van der Waals surface area contributed by atoms with Crippen LogP contribution >= 0.6 is 0 Å². The predicted octanol–water partition coefficient (Wildman–Crippen LogP) is 1.27. The van der Waals surface area contributed by atoms with Gasteiger partial charge in [-0.3, -0.25) is 0 Å². The first-order valence-electron chi connectivity index (χ1n) is 4.60. The van der Waals surface area contributed by atoms with Crippen LogP contribution in [-0.4, -0.2) is 22.6 Å². The molecule has 68 valence electrons. The second kappa shape index (κ2) is 5.77. The van der Waals surface area contributed by atoms with Gasteiger partial charge in [0, 0.05) is 18.9 Å². The molecule has 3 heteroatoms. The summed E-state index contributed by atoms with van der Waals surface area (Å²) in [5.74, 6) is 0. The summed E-state index contributed by atoms with van der Waals surface area (Å²) in [5, 5.41) is 3.30. The van der Waals surface area contributed by atoms with Crippen molar-refractivity contribution in [2.45, 2.75) is 26.3 Å². The van der Waals surface area contributed by atoms with Gasteiger partial charge in [-0.25, -0.2) is 4.98 Å². The van der Waals surface area contributed by atoms with Gasteiger partial charge in [0.2, 0.25) is 0 Å². The zero-order valence-electron chi connectivity index (χ0n) is 7.66. The van der Waals surface area contributed by atoms with E-state index in [1.165, 1.54) is 12.8 Å². The Bertz CT molecular complexity index is 182. The number of nitrogens with one attached hydrogen (secondary N) is 1. The van der Waals surface area contributed by atoms with Crippen LogP contribution in [0, 0.1) is 0 Å². The zero-order chi connectivity index (χ0) is 8.65. The Morgan fingerprint density at radius 3 is 3.00 bits per heavy atom. The number of unbranched alkanes of at least 4 members (excludes halogenated alkanes) is 1. The third kappa shape index (κ3) is 3.53. The topological polar surface area (TPSA) is 29.9 Å². The molecule has 0 saturated carbocycles. The molecule has 1 aromatic rings. The van der Waals surface area contributed by atoms with Gasteiger partial charge >= 0.3 is 0 Å².